The van der Waals surface area contributed by atoms with Crippen molar-refractivity contribution in [3.8, 4) is 11.1 Å². The van der Waals surface area contributed by atoms with Gasteiger partial charge >= 0.3 is 0 Å². The predicted octanol–water partition coefficient (Wildman–Crippen LogP) is 3.38. The number of hydrogen-bond acceptors (Lipinski definition) is 6. The Morgan fingerprint density at radius 3 is 2.46 bits per heavy atom. The zero-order valence-electron chi connectivity index (χ0n) is 14.8. The Morgan fingerprint density at radius 2 is 1.71 bits per heavy atom. The van der Waals surface area contributed by atoms with Crippen LogP contribution >= 0.6 is 0 Å². The van der Waals surface area contributed by atoms with Crippen molar-refractivity contribution in [2.45, 2.75) is 7.43 Å². The number of benzene rings is 1. The molecule has 1 aliphatic heterocycles. The molecule has 28 heavy (non-hydrogen) atoms. The second kappa shape index (κ2) is 7.64. The average Bonchev–Trinajstić information content (AvgIpc) is 3.29. The summed E-state index contributed by atoms with van der Waals surface area (Å²) in [6, 6.07) is 12.3. The van der Waals surface area contributed by atoms with Gasteiger partial charge in [-0.1, -0.05) is 19.6 Å². The number of H-pyrrole nitrogens is 1. The molecule has 0 radical (unpaired) electrons. The molecule has 0 aliphatic carbocycles. The van der Waals surface area contributed by atoms with Gasteiger partial charge in [0.2, 0.25) is 0 Å². The summed E-state index contributed by atoms with van der Waals surface area (Å²) in [6.45, 7) is 3.64. The number of anilines is 2. The van der Waals surface area contributed by atoms with Crippen LogP contribution in [-0.4, -0.2) is 51.3 Å². The third kappa shape index (κ3) is 3.26. The smallest absolute Gasteiger partial charge is 0.140 e. The van der Waals surface area contributed by atoms with Crippen LogP contribution in [0.1, 0.15) is 7.43 Å². The fraction of sp³-hybridized carbons (Fsp3) is 0.238. The number of fused-ring (bicyclic) bond motifs is 1. The Balaban J connectivity index is 0.00000192. The highest BCUT2D eigenvalue weighted by Gasteiger charge is 2.21. The standard InChI is InChI=1S/C20H19N7.CH4/c1-2-6-21-19(3-1)26-7-9-27(10-8-26)20-17-11-15(16-12-24-25-13-16)4-5-18(17)22-14-23-20;/h1-6,11-14H,7-10H2,(H,24,25);1H4. The van der Waals surface area contributed by atoms with Crippen molar-refractivity contribution >= 4 is 22.5 Å². The van der Waals surface area contributed by atoms with Gasteiger partial charge in [0.15, 0.2) is 0 Å². The van der Waals surface area contributed by atoms with E-state index < -0.39 is 0 Å². The van der Waals surface area contributed by atoms with Gasteiger partial charge < -0.3 is 9.80 Å². The van der Waals surface area contributed by atoms with Crippen LogP contribution in [0.5, 0.6) is 0 Å². The molecule has 0 saturated carbocycles. The molecule has 1 aromatic carbocycles. The molecular formula is C21H23N7. The van der Waals surface area contributed by atoms with Gasteiger partial charge in [0, 0.05) is 49.5 Å². The maximum atomic E-state index is 4.61. The fourth-order valence-corrected chi connectivity index (χ4v) is 3.57. The monoisotopic (exact) mass is 373 g/mol. The SMILES string of the molecule is C.c1ccc(N2CCN(c3ncnc4ccc(-c5cn[nH]c5)cc34)CC2)nc1. The van der Waals surface area contributed by atoms with Crippen molar-refractivity contribution in [2.24, 2.45) is 0 Å². The van der Waals surface area contributed by atoms with E-state index in [9.17, 15) is 0 Å². The topological polar surface area (TPSA) is 73.8 Å². The molecule has 0 bridgehead atoms. The van der Waals surface area contributed by atoms with E-state index in [0.29, 0.717) is 0 Å². The van der Waals surface area contributed by atoms with Crippen molar-refractivity contribution in [2.75, 3.05) is 36.0 Å². The molecule has 0 spiro atoms. The van der Waals surface area contributed by atoms with Crippen molar-refractivity contribution in [3.05, 3.63) is 61.3 Å². The van der Waals surface area contributed by atoms with Crippen LogP contribution in [0.15, 0.2) is 61.3 Å². The van der Waals surface area contributed by atoms with Gasteiger partial charge in [0.25, 0.3) is 0 Å². The first kappa shape index (κ1) is 17.9. The lowest BCUT2D eigenvalue weighted by molar-refractivity contribution is 0.643. The minimum absolute atomic E-state index is 0. The van der Waals surface area contributed by atoms with Crippen molar-refractivity contribution in [1.29, 1.82) is 0 Å². The maximum absolute atomic E-state index is 4.61. The molecule has 1 fully saturated rings. The first-order valence-corrected chi connectivity index (χ1v) is 9.03. The fourth-order valence-electron chi connectivity index (χ4n) is 3.57. The highest BCUT2D eigenvalue weighted by Crippen LogP contribution is 2.29. The van der Waals surface area contributed by atoms with Crippen LogP contribution in [-0.2, 0) is 0 Å². The van der Waals surface area contributed by atoms with Gasteiger partial charge in [-0.15, -0.1) is 0 Å². The van der Waals surface area contributed by atoms with Crippen LogP contribution in [0.2, 0.25) is 0 Å². The second-order valence-electron chi connectivity index (χ2n) is 6.58. The second-order valence-corrected chi connectivity index (χ2v) is 6.58. The van der Waals surface area contributed by atoms with Gasteiger partial charge in [-0.25, -0.2) is 15.0 Å². The summed E-state index contributed by atoms with van der Waals surface area (Å²) in [4.78, 5) is 18.2. The van der Waals surface area contributed by atoms with Gasteiger partial charge in [0.05, 0.1) is 11.7 Å². The molecular weight excluding hydrogens is 350 g/mol. The zero-order valence-corrected chi connectivity index (χ0v) is 14.8. The van der Waals surface area contributed by atoms with Gasteiger partial charge in [-0.3, -0.25) is 5.10 Å². The third-order valence-electron chi connectivity index (χ3n) is 5.00. The van der Waals surface area contributed by atoms with Crippen LogP contribution in [0, 0.1) is 0 Å². The minimum Gasteiger partial charge on any atom is -0.353 e. The summed E-state index contributed by atoms with van der Waals surface area (Å²) in [5.41, 5.74) is 3.13. The lowest BCUT2D eigenvalue weighted by Gasteiger charge is -2.36. The Morgan fingerprint density at radius 1 is 0.857 bits per heavy atom. The lowest BCUT2D eigenvalue weighted by atomic mass is 10.1. The number of nitrogens with one attached hydrogen (secondary N) is 1. The van der Waals surface area contributed by atoms with Crippen LogP contribution in [0.3, 0.4) is 0 Å². The summed E-state index contributed by atoms with van der Waals surface area (Å²) >= 11 is 0. The Kier molecular flexibility index (Phi) is 4.89. The third-order valence-corrected chi connectivity index (χ3v) is 5.00. The van der Waals surface area contributed by atoms with Crippen molar-refractivity contribution in [1.82, 2.24) is 25.1 Å². The average molecular weight is 373 g/mol. The van der Waals surface area contributed by atoms with E-state index >= 15 is 0 Å². The summed E-state index contributed by atoms with van der Waals surface area (Å²) in [5, 5.41) is 7.99. The molecule has 7 nitrogen and oxygen atoms in total. The molecule has 4 aromatic rings. The molecule has 1 N–H and O–H groups in total. The molecule has 4 heterocycles. The zero-order chi connectivity index (χ0) is 18.1. The van der Waals surface area contributed by atoms with E-state index in [-0.39, 0.29) is 7.43 Å². The Hall–Kier alpha value is -3.48. The highest BCUT2D eigenvalue weighted by molar-refractivity contribution is 5.92. The number of nitrogens with zero attached hydrogens (tertiary/aromatic N) is 6. The van der Waals surface area contributed by atoms with Gasteiger partial charge in [0.1, 0.15) is 18.0 Å². The molecule has 142 valence electrons. The van der Waals surface area contributed by atoms with Gasteiger partial charge in [-0.05, 0) is 29.8 Å². The Labute approximate surface area is 164 Å². The number of aromatic amines is 1. The summed E-state index contributed by atoms with van der Waals surface area (Å²) < 4.78 is 0. The Bertz CT molecular complexity index is 1040. The largest absolute Gasteiger partial charge is 0.353 e. The number of aromatic nitrogens is 5. The first-order valence-electron chi connectivity index (χ1n) is 9.03. The predicted molar refractivity (Wildman–Crippen MR) is 113 cm³/mol. The maximum Gasteiger partial charge on any atom is 0.140 e. The molecule has 3 aromatic heterocycles. The first-order chi connectivity index (χ1) is 13.4. The summed E-state index contributed by atoms with van der Waals surface area (Å²) in [7, 11) is 0. The van der Waals surface area contributed by atoms with Crippen molar-refractivity contribution < 1.29 is 0 Å². The van der Waals surface area contributed by atoms with Crippen LogP contribution < -0.4 is 9.80 Å². The van der Waals surface area contributed by atoms with E-state index in [4.69, 9.17) is 0 Å². The minimum atomic E-state index is 0. The molecule has 5 rings (SSSR count). The van der Waals surface area contributed by atoms with Crippen LogP contribution in [0.4, 0.5) is 11.6 Å². The van der Waals surface area contributed by atoms with E-state index in [0.717, 1.165) is 59.8 Å². The molecule has 7 heteroatoms. The molecule has 1 saturated heterocycles. The van der Waals surface area contributed by atoms with E-state index in [2.05, 4.69) is 53.1 Å². The molecule has 0 unspecified atom stereocenters. The normalized spacial score (nSPS) is 14.1. The molecule has 0 atom stereocenters. The number of hydrogen-bond donors (Lipinski definition) is 1. The number of rotatable bonds is 3. The van der Waals surface area contributed by atoms with Crippen LogP contribution in [0.25, 0.3) is 22.0 Å². The summed E-state index contributed by atoms with van der Waals surface area (Å²) in [6.07, 6.45) is 7.23. The van der Waals surface area contributed by atoms with E-state index in [1.165, 1.54) is 0 Å². The lowest BCUT2D eigenvalue weighted by Crippen LogP contribution is -2.47. The quantitative estimate of drug-likeness (QED) is 0.593. The number of pyridine rings is 1. The number of piperazine rings is 1. The van der Waals surface area contributed by atoms with Gasteiger partial charge in [-0.2, -0.15) is 5.10 Å². The molecule has 0 amide bonds. The molecule has 1 aliphatic rings. The van der Waals surface area contributed by atoms with E-state index in [1.54, 1.807) is 6.33 Å². The van der Waals surface area contributed by atoms with Crippen molar-refractivity contribution in [3.63, 3.8) is 0 Å². The highest BCUT2D eigenvalue weighted by atomic mass is 15.3. The summed E-state index contributed by atoms with van der Waals surface area (Å²) in [5.74, 6) is 2.03. The van der Waals surface area contributed by atoms with E-state index in [1.807, 2.05) is 36.8 Å².